The number of nitrogens with one attached hydrogen (secondary N) is 2. The molecular formula is C13H27N3O. The van der Waals surface area contributed by atoms with E-state index >= 15 is 0 Å². The molecule has 4 heteroatoms. The first-order valence-corrected chi connectivity index (χ1v) is 6.83. The van der Waals surface area contributed by atoms with Crippen LogP contribution >= 0.6 is 0 Å². The zero-order valence-corrected chi connectivity index (χ0v) is 11.5. The molecule has 0 bridgehead atoms. The lowest BCUT2D eigenvalue weighted by Crippen LogP contribution is -2.49. The summed E-state index contributed by atoms with van der Waals surface area (Å²) in [6.07, 6.45) is 3.02. The van der Waals surface area contributed by atoms with E-state index in [4.69, 9.17) is 0 Å². The molecule has 0 aliphatic carbocycles. The van der Waals surface area contributed by atoms with Crippen LogP contribution in [0.1, 0.15) is 33.1 Å². The number of hydrogen-bond acceptors (Lipinski definition) is 3. The van der Waals surface area contributed by atoms with Crippen LogP contribution in [0.25, 0.3) is 0 Å². The number of hydrogen-bond donors (Lipinski definition) is 2. The number of carbonyl (C=O) groups excluding carboxylic acids is 1. The number of piperidine rings is 1. The predicted molar refractivity (Wildman–Crippen MR) is 71.0 cm³/mol. The minimum atomic E-state index is 0.142. The summed E-state index contributed by atoms with van der Waals surface area (Å²) >= 11 is 0. The second kappa shape index (κ2) is 7.67. The van der Waals surface area contributed by atoms with Gasteiger partial charge in [-0.25, -0.2) is 0 Å². The van der Waals surface area contributed by atoms with Crippen LogP contribution in [-0.4, -0.2) is 50.1 Å². The first kappa shape index (κ1) is 14.5. The highest BCUT2D eigenvalue weighted by molar-refractivity contribution is 5.75. The zero-order valence-electron chi connectivity index (χ0n) is 11.5. The van der Waals surface area contributed by atoms with Crippen molar-refractivity contribution in [1.82, 2.24) is 15.5 Å². The van der Waals surface area contributed by atoms with Gasteiger partial charge in [-0.3, -0.25) is 4.79 Å². The Morgan fingerprint density at radius 2 is 2.24 bits per heavy atom. The average molecular weight is 241 g/mol. The monoisotopic (exact) mass is 241 g/mol. The van der Waals surface area contributed by atoms with Crippen LogP contribution in [0.15, 0.2) is 0 Å². The lowest BCUT2D eigenvalue weighted by molar-refractivity contribution is -0.121. The highest BCUT2D eigenvalue weighted by atomic mass is 16.1. The smallest absolute Gasteiger partial charge is 0.221 e. The molecule has 0 spiro atoms. The fraction of sp³-hybridized carbons (Fsp3) is 0.923. The van der Waals surface area contributed by atoms with Crippen molar-refractivity contribution in [3.63, 3.8) is 0 Å². The van der Waals surface area contributed by atoms with Gasteiger partial charge in [-0.1, -0.05) is 13.8 Å². The molecule has 1 amide bonds. The molecule has 0 aromatic rings. The lowest BCUT2D eigenvalue weighted by atomic mass is 9.93. The third-order valence-corrected chi connectivity index (χ3v) is 3.58. The Bertz CT molecular complexity index is 233. The molecule has 2 unspecified atom stereocenters. The lowest BCUT2D eigenvalue weighted by Gasteiger charge is -2.37. The molecule has 2 N–H and O–H groups in total. The first-order valence-electron chi connectivity index (χ1n) is 6.83. The molecule has 1 heterocycles. The van der Waals surface area contributed by atoms with Crippen molar-refractivity contribution in [2.45, 2.75) is 39.2 Å². The molecular weight excluding hydrogens is 214 g/mol. The number of likely N-dealkylation sites (tertiary alicyclic amines) is 1. The maximum absolute atomic E-state index is 11.2. The molecule has 100 valence electrons. The molecule has 0 aromatic heterocycles. The second-order valence-electron chi connectivity index (χ2n) is 5.05. The van der Waals surface area contributed by atoms with Gasteiger partial charge in [0.1, 0.15) is 0 Å². The maximum Gasteiger partial charge on any atom is 0.221 e. The van der Waals surface area contributed by atoms with Gasteiger partial charge in [-0.2, -0.15) is 0 Å². The minimum Gasteiger partial charge on any atom is -0.359 e. The summed E-state index contributed by atoms with van der Waals surface area (Å²) in [4.78, 5) is 13.6. The summed E-state index contributed by atoms with van der Waals surface area (Å²) in [6, 6.07) is 0.659. The Morgan fingerprint density at radius 3 is 2.82 bits per heavy atom. The predicted octanol–water partition coefficient (Wildman–Crippen LogP) is 0.833. The Labute approximate surface area is 105 Å². The van der Waals surface area contributed by atoms with Crippen molar-refractivity contribution in [2.24, 2.45) is 5.92 Å². The molecule has 2 atom stereocenters. The van der Waals surface area contributed by atoms with Gasteiger partial charge in [0.05, 0.1) is 0 Å². The summed E-state index contributed by atoms with van der Waals surface area (Å²) in [5.41, 5.74) is 0. The molecule has 1 aliphatic rings. The SMILES string of the molecule is CCCNC1CCN(CCC(=O)NC)CC1C. The second-order valence-corrected chi connectivity index (χ2v) is 5.05. The Balaban J connectivity index is 2.24. The average Bonchev–Trinajstić information content (AvgIpc) is 2.34. The third-order valence-electron chi connectivity index (χ3n) is 3.58. The van der Waals surface area contributed by atoms with E-state index in [0.717, 1.165) is 26.2 Å². The number of rotatable bonds is 6. The fourth-order valence-corrected chi connectivity index (χ4v) is 2.45. The van der Waals surface area contributed by atoms with Gasteiger partial charge >= 0.3 is 0 Å². The van der Waals surface area contributed by atoms with Gasteiger partial charge in [0.15, 0.2) is 0 Å². The van der Waals surface area contributed by atoms with E-state index < -0.39 is 0 Å². The van der Waals surface area contributed by atoms with E-state index in [1.807, 2.05) is 0 Å². The summed E-state index contributed by atoms with van der Waals surface area (Å²) in [5.74, 6) is 0.823. The van der Waals surface area contributed by atoms with Gasteiger partial charge in [0.2, 0.25) is 5.91 Å². The summed E-state index contributed by atoms with van der Waals surface area (Å²) in [6.45, 7) is 8.74. The molecule has 0 radical (unpaired) electrons. The van der Waals surface area contributed by atoms with Gasteiger partial charge in [-0.15, -0.1) is 0 Å². The standard InChI is InChI=1S/C13H27N3O/c1-4-7-15-12-5-8-16(10-11(12)2)9-6-13(17)14-3/h11-12,15H,4-10H2,1-3H3,(H,14,17). The van der Waals surface area contributed by atoms with E-state index in [1.165, 1.54) is 12.8 Å². The first-order chi connectivity index (χ1) is 8.17. The van der Waals surface area contributed by atoms with Crippen molar-refractivity contribution in [3.05, 3.63) is 0 Å². The van der Waals surface area contributed by atoms with Crippen LogP contribution in [0, 0.1) is 5.92 Å². The minimum absolute atomic E-state index is 0.142. The molecule has 0 aromatic carbocycles. The molecule has 1 saturated heterocycles. The molecule has 1 aliphatic heterocycles. The Kier molecular flexibility index (Phi) is 6.52. The van der Waals surface area contributed by atoms with Crippen LogP contribution in [0.2, 0.25) is 0 Å². The molecule has 1 rings (SSSR count). The summed E-state index contributed by atoms with van der Waals surface area (Å²) in [7, 11) is 1.70. The Hall–Kier alpha value is -0.610. The van der Waals surface area contributed by atoms with Crippen molar-refractivity contribution in [1.29, 1.82) is 0 Å². The third kappa shape index (κ3) is 5.04. The van der Waals surface area contributed by atoms with Crippen LogP contribution in [0.5, 0.6) is 0 Å². The quantitative estimate of drug-likeness (QED) is 0.724. The van der Waals surface area contributed by atoms with Crippen molar-refractivity contribution in [3.8, 4) is 0 Å². The van der Waals surface area contributed by atoms with Gasteiger partial charge in [-0.05, 0) is 31.8 Å². The van der Waals surface area contributed by atoms with Crippen molar-refractivity contribution in [2.75, 3.05) is 33.2 Å². The summed E-state index contributed by atoms with van der Waals surface area (Å²) in [5, 5.41) is 6.29. The highest BCUT2D eigenvalue weighted by Gasteiger charge is 2.25. The van der Waals surface area contributed by atoms with Gasteiger partial charge in [0, 0.05) is 32.6 Å². The van der Waals surface area contributed by atoms with E-state index in [1.54, 1.807) is 7.05 Å². The van der Waals surface area contributed by atoms with E-state index in [0.29, 0.717) is 18.4 Å². The van der Waals surface area contributed by atoms with Crippen LogP contribution in [-0.2, 0) is 4.79 Å². The number of amides is 1. The largest absolute Gasteiger partial charge is 0.359 e. The van der Waals surface area contributed by atoms with E-state index in [2.05, 4.69) is 29.4 Å². The number of nitrogens with zero attached hydrogens (tertiary/aromatic N) is 1. The highest BCUT2D eigenvalue weighted by Crippen LogP contribution is 2.16. The van der Waals surface area contributed by atoms with Gasteiger partial charge < -0.3 is 15.5 Å². The van der Waals surface area contributed by atoms with Crippen molar-refractivity contribution >= 4 is 5.91 Å². The molecule has 17 heavy (non-hydrogen) atoms. The van der Waals surface area contributed by atoms with E-state index in [-0.39, 0.29) is 5.91 Å². The van der Waals surface area contributed by atoms with Crippen molar-refractivity contribution < 1.29 is 4.79 Å². The van der Waals surface area contributed by atoms with Crippen LogP contribution in [0.4, 0.5) is 0 Å². The Morgan fingerprint density at radius 1 is 1.47 bits per heavy atom. The molecule has 4 nitrogen and oxygen atoms in total. The number of carbonyl (C=O) groups is 1. The topological polar surface area (TPSA) is 44.4 Å². The summed E-state index contributed by atoms with van der Waals surface area (Å²) < 4.78 is 0. The fourth-order valence-electron chi connectivity index (χ4n) is 2.45. The maximum atomic E-state index is 11.2. The zero-order chi connectivity index (χ0) is 12.7. The molecule has 0 saturated carbocycles. The molecule has 1 fully saturated rings. The van der Waals surface area contributed by atoms with Gasteiger partial charge in [0.25, 0.3) is 0 Å². The van der Waals surface area contributed by atoms with Crippen LogP contribution < -0.4 is 10.6 Å². The van der Waals surface area contributed by atoms with E-state index in [9.17, 15) is 4.79 Å². The normalized spacial score (nSPS) is 25.8. The van der Waals surface area contributed by atoms with Crippen LogP contribution in [0.3, 0.4) is 0 Å².